The molecule has 2 aromatic rings. The highest BCUT2D eigenvalue weighted by atomic mass is 16.2. The first-order chi connectivity index (χ1) is 11.8. The van der Waals surface area contributed by atoms with E-state index in [1.54, 1.807) is 11.0 Å². The standard InChI is InChI=1S/C19H27N5O/c1-19(2,3)24-14-20-17(21-24)18(25)23-11-10-22(4)16(13-23)12-15-8-6-5-7-9-15/h5-9,14,16H,10-13H2,1-4H3/t16-/m1/s1. The summed E-state index contributed by atoms with van der Waals surface area (Å²) in [5.41, 5.74) is 1.12. The molecule has 0 N–H and O–H groups in total. The Morgan fingerprint density at radius 3 is 2.56 bits per heavy atom. The van der Waals surface area contributed by atoms with Crippen molar-refractivity contribution in [3.05, 3.63) is 48.0 Å². The molecule has 1 amide bonds. The van der Waals surface area contributed by atoms with Gasteiger partial charge in [-0.3, -0.25) is 9.69 Å². The molecule has 25 heavy (non-hydrogen) atoms. The van der Waals surface area contributed by atoms with Crippen molar-refractivity contribution < 1.29 is 4.79 Å². The Morgan fingerprint density at radius 2 is 1.92 bits per heavy atom. The Kier molecular flexibility index (Phi) is 4.90. The summed E-state index contributed by atoms with van der Waals surface area (Å²) in [5, 5.41) is 4.39. The Morgan fingerprint density at radius 1 is 1.20 bits per heavy atom. The van der Waals surface area contributed by atoms with E-state index in [9.17, 15) is 4.79 Å². The number of carbonyl (C=O) groups is 1. The second-order valence-corrected chi connectivity index (χ2v) is 7.76. The third-order valence-corrected chi connectivity index (χ3v) is 4.75. The van der Waals surface area contributed by atoms with Gasteiger partial charge in [-0.1, -0.05) is 30.3 Å². The van der Waals surface area contributed by atoms with Crippen molar-refractivity contribution in [3.8, 4) is 0 Å². The molecule has 1 saturated heterocycles. The SMILES string of the molecule is CN1CCN(C(=O)c2ncn(C(C)(C)C)n2)C[C@H]1Cc1ccccc1. The number of hydrogen-bond acceptors (Lipinski definition) is 4. The Hall–Kier alpha value is -2.21. The summed E-state index contributed by atoms with van der Waals surface area (Å²) in [4.78, 5) is 21.3. The summed E-state index contributed by atoms with van der Waals surface area (Å²) in [5.74, 6) is 0.215. The molecule has 0 unspecified atom stereocenters. The molecular weight excluding hydrogens is 314 g/mol. The van der Waals surface area contributed by atoms with Crippen LogP contribution in [0.2, 0.25) is 0 Å². The lowest BCUT2D eigenvalue weighted by Gasteiger charge is -2.39. The zero-order valence-electron chi connectivity index (χ0n) is 15.5. The van der Waals surface area contributed by atoms with Gasteiger partial charge in [0.1, 0.15) is 6.33 Å². The third kappa shape index (κ3) is 4.07. The highest BCUT2D eigenvalue weighted by Gasteiger charge is 2.30. The van der Waals surface area contributed by atoms with E-state index in [1.807, 2.05) is 31.7 Å². The highest BCUT2D eigenvalue weighted by molar-refractivity contribution is 5.90. The zero-order chi connectivity index (χ0) is 18.0. The summed E-state index contributed by atoms with van der Waals surface area (Å²) in [7, 11) is 2.13. The van der Waals surface area contributed by atoms with Crippen LogP contribution in [0, 0.1) is 0 Å². The van der Waals surface area contributed by atoms with Gasteiger partial charge in [0.05, 0.1) is 5.54 Å². The number of aromatic nitrogens is 3. The smallest absolute Gasteiger partial charge is 0.293 e. The molecule has 0 spiro atoms. The highest BCUT2D eigenvalue weighted by Crippen LogP contribution is 2.16. The van der Waals surface area contributed by atoms with Crippen molar-refractivity contribution in [2.45, 2.75) is 38.8 Å². The quantitative estimate of drug-likeness (QED) is 0.857. The average Bonchev–Trinajstić information content (AvgIpc) is 3.07. The molecule has 0 radical (unpaired) electrons. The number of rotatable bonds is 3. The van der Waals surface area contributed by atoms with E-state index in [0.717, 1.165) is 13.0 Å². The van der Waals surface area contributed by atoms with Crippen LogP contribution in [0.15, 0.2) is 36.7 Å². The van der Waals surface area contributed by atoms with Crippen molar-refractivity contribution in [1.29, 1.82) is 0 Å². The van der Waals surface area contributed by atoms with E-state index in [4.69, 9.17) is 0 Å². The molecule has 1 aromatic carbocycles. The first-order valence-corrected chi connectivity index (χ1v) is 8.80. The number of likely N-dealkylation sites (N-methyl/N-ethyl adjacent to an activating group) is 1. The Labute approximate surface area is 149 Å². The lowest BCUT2D eigenvalue weighted by Crippen LogP contribution is -2.54. The number of carbonyl (C=O) groups excluding carboxylic acids is 1. The fourth-order valence-electron chi connectivity index (χ4n) is 3.06. The van der Waals surface area contributed by atoms with Crippen LogP contribution in [0.25, 0.3) is 0 Å². The summed E-state index contributed by atoms with van der Waals surface area (Å²) in [6.45, 7) is 8.41. The summed E-state index contributed by atoms with van der Waals surface area (Å²) in [6, 6.07) is 10.7. The van der Waals surface area contributed by atoms with E-state index >= 15 is 0 Å². The first kappa shape index (κ1) is 17.6. The summed E-state index contributed by atoms with van der Waals surface area (Å²) < 4.78 is 1.75. The molecule has 3 rings (SSSR count). The van der Waals surface area contributed by atoms with Crippen LogP contribution in [0.3, 0.4) is 0 Å². The maximum Gasteiger partial charge on any atom is 0.293 e. The number of nitrogens with zero attached hydrogens (tertiary/aromatic N) is 5. The van der Waals surface area contributed by atoms with Crippen molar-refractivity contribution >= 4 is 5.91 Å². The molecule has 0 saturated carbocycles. The first-order valence-electron chi connectivity index (χ1n) is 8.80. The van der Waals surface area contributed by atoms with Gasteiger partial charge in [-0.2, -0.15) is 0 Å². The fraction of sp³-hybridized carbons (Fsp3) is 0.526. The van der Waals surface area contributed by atoms with Gasteiger partial charge in [0.25, 0.3) is 5.91 Å². The monoisotopic (exact) mass is 341 g/mol. The number of piperazine rings is 1. The van der Waals surface area contributed by atoms with E-state index in [0.29, 0.717) is 19.1 Å². The van der Waals surface area contributed by atoms with E-state index in [1.165, 1.54) is 5.56 Å². The van der Waals surface area contributed by atoms with Gasteiger partial charge < -0.3 is 4.90 Å². The second kappa shape index (κ2) is 6.96. The molecule has 0 aliphatic carbocycles. The van der Waals surface area contributed by atoms with Gasteiger partial charge in [0, 0.05) is 25.7 Å². The third-order valence-electron chi connectivity index (χ3n) is 4.75. The zero-order valence-corrected chi connectivity index (χ0v) is 15.5. The van der Waals surface area contributed by atoms with Crippen LogP contribution in [0.1, 0.15) is 37.0 Å². The van der Waals surface area contributed by atoms with Crippen molar-refractivity contribution in [3.63, 3.8) is 0 Å². The minimum atomic E-state index is -0.177. The average molecular weight is 341 g/mol. The van der Waals surface area contributed by atoms with Crippen molar-refractivity contribution in [2.24, 2.45) is 0 Å². The Bertz CT molecular complexity index is 719. The van der Waals surface area contributed by atoms with Crippen LogP contribution >= 0.6 is 0 Å². The molecule has 1 aromatic heterocycles. The largest absolute Gasteiger partial charge is 0.333 e. The lowest BCUT2D eigenvalue weighted by atomic mass is 10.0. The maximum atomic E-state index is 12.8. The predicted molar refractivity (Wildman–Crippen MR) is 97.5 cm³/mol. The molecule has 6 heteroatoms. The molecule has 1 atom stereocenters. The minimum Gasteiger partial charge on any atom is -0.333 e. The van der Waals surface area contributed by atoms with Crippen LogP contribution < -0.4 is 0 Å². The second-order valence-electron chi connectivity index (χ2n) is 7.76. The molecule has 0 bridgehead atoms. The number of benzene rings is 1. The normalized spacial score (nSPS) is 19.2. The molecular formula is C19H27N5O. The van der Waals surface area contributed by atoms with Gasteiger partial charge in [0.2, 0.25) is 5.82 Å². The van der Waals surface area contributed by atoms with Crippen molar-refractivity contribution in [2.75, 3.05) is 26.7 Å². The van der Waals surface area contributed by atoms with Crippen LogP contribution in [-0.2, 0) is 12.0 Å². The number of hydrogen-bond donors (Lipinski definition) is 0. The van der Waals surface area contributed by atoms with E-state index < -0.39 is 0 Å². The fourth-order valence-corrected chi connectivity index (χ4v) is 3.06. The van der Waals surface area contributed by atoms with Crippen LogP contribution in [-0.4, -0.2) is 63.2 Å². The van der Waals surface area contributed by atoms with E-state index in [2.05, 4.69) is 46.3 Å². The maximum absolute atomic E-state index is 12.8. The van der Waals surface area contributed by atoms with Crippen molar-refractivity contribution in [1.82, 2.24) is 24.6 Å². The van der Waals surface area contributed by atoms with Gasteiger partial charge >= 0.3 is 0 Å². The molecule has 1 aliphatic rings. The lowest BCUT2D eigenvalue weighted by molar-refractivity contribution is 0.0535. The topological polar surface area (TPSA) is 54.3 Å². The van der Waals surface area contributed by atoms with Gasteiger partial charge in [-0.15, -0.1) is 5.10 Å². The molecule has 2 heterocycles. The molecule has 134 valence electrons. The molecule has 6 nitrogen and oxygen atoms in total. The van der Waals surface area contributed by atoms with Gasteiger partial charge in [-0.25, -0.2) is 9.67 Å². The Balaban J connectivity index is 1.70. The van der Waals surface area contributed by atoms with Gasteiger partial charge in [-0.05, 0) is 39.8 Å². The van der Waals surface area contributed by atoms with Gasteiger partial charge in [0.15, 0.2) is 0 Å². The minimum absolute atomic E-state index is 0.0749. The summed E-state index contributed by atoms with van der Waals surface area (Å²) >= 11 is 0. The van der Waals surface area contributed by atoms with Crippen LogP contribution in [0.5, 0.6) is 0 Å². The van der Waals surface area contributed by atoms with Crippen LogP contribution in [0.4, 0.5) is 0 Å². The summed E-state index contributed by atoms with van der Waals surface area (Å²) in [6.07, 6.45) is 2.58. The molecule has 1 fully saturated rings. The molecule has 1 aliphatic heterocycles. The predicted octanol–water partition coefficient (Wildman–Crippen LogP) is 2.03. The number of amides is 1. The van der Waals surface area contributed by atoms with E-state index in [-0.39, 0.29) is 17.3 Å².